The Balaban J connectivity index is 1.65. The number of hydrazone groups is 1. The summed E-state index contributed by atoms with van der Waals surface area (Å²) in [6.45, 7) is 2.62. The summed E-state index contributed by atoms with van der Waals surface area (Å²) in [4.78, 5) is 4.56. The van der Waals surface area contributed by atoms with Crippen molar-refractivity contribution in [2.24, 2.45) is 5.10 Å². The molecule has 0 aliphatic heterocycles. The highest BCUT2D eigenvalue weighted by Crippen LogP contribution is 2.28. The van der Waals surface area contributed by atoms with Crippen molar-refractivity contribution >= 4 is 22.7 Å². The van der Waals surface area contributed by atoms with Gasteiger partial charge >= 0.3 is 0 Å². The van der Waals surface area contributed by atoms with Crippen molar-refractivity contribution in [3.8, 4) is 28.5 Å². The molecular formula is C20H21N3O3S. The smallest absolute Gasteiger partial charge is 0.203 e. The zero-order valence-electron chi connectivity index (χ0n) is 15.4. The van der Waals surface area contributed by atoms with Crippen LogP contribution in [0, 0.1) is 0 Å². The number of methoxy groups -OCH3 is 2. The minimum atomic E-state index is 0.655. The number of thiazole rings is 1. The second-order valence-corrected chi connectivity index (χ2v) is 6.34. The van der Waals surface area contributed by atoms with Crippen LogP contribution >= 0.6 is 11.3 Å². The summed E-state index contributed by atoms with van der Waals surface area (Å²) < 4.78 is 16.0. The van der Waals surface area contributed by atoms with Crippen LogP contribution in [0.25, 0.3) is 11.3 Å². The van der Waals surface area contributed by atoms with Crippen molar-refractivity contribution < 1.29 is 14.2 Å². The highest BCUT2D eigenvalue weighted by molar-refractivity contribution is 7.14. The lowest BCUT2D eigenvalue weighted by molar-refractivity contribution is 0.340. The van der Waals surface area contributed by atoms with Gasteiger partial charge in [-0.3, -0.25) is 5.43 Å². The van der Waals surface area contributed by atoms with Crippen LogP contribution in [-0.4, -0.2) is 32.0 Å². The van der Waals surface area contributed by atoms with Crippen molar-refractivity contribution in [3.63, 3.8) is 0 Å². The molecule has 0 saturated heterocycles. The fourth-order valence-corrected chi connectivity index (χ4v) is 3.11. The molecule has 0 spiro atoms. The molecule has 0 aliphatic carbocycles. The molecule has 0 aliphatic rings. The van der Waals surface area contributed by atoms with E-state index in [2.05, 4.69) is 15.5 Å². The summed E-state index contributed by atoms with van der Waals surface area (Å²) in [5, 5.41) is 6.95. The summed E-state index contributed by atoms with van der Waals surface area (Å²) in [5.41, 5.74) is 5.78. The van der Waals surface area contributed by atoms with Gasteiger partial charge in [-0.05, 0) is 55.0 Å². The maximum absolute atomic E-state index is 5.46. The van der Waals surface area contributed by atoms with E-state index in [9.17, 15) is 0 Å². The highest BCUT2D eigenvalue weighted by Gasteiger charge is 2.05. The van der Waals surface area contributed by atoms with Crippen molar-refractivity contribution in [2.75, 3.05) is 26.3 Å². The number of aromatic nitrogens is 1. The van der Waals surface area contributed by atoms with Crippen molar-refractivity contribution in [2.45, 2.75) is 6.92 Å². The number of nitrogens with zero attached hydrogens (tertiary/aromatic N) is 2. The highest BCUT2D eigenvalue weighted by atomic mass is 32.1. The molecule has 1 N–H and O–H groups in total. The molecule has 1 heterocycles. The van der Waals surface area contributed by atoms with Gasteiger partial charge in [-0.2, -0.15) is 5.10 Å². The zero-order valence-corrected chi connectivity index (χ0v) is 16.2. The van der Waals surface area contributed by atoms with Gasteiger partial charge in [-0.15, -0.1) is 11.3 Å². The fourth-order valence-electron chi connectivity index (χ4n) is 2.44. The van der Waals surface area contributed by atoms with E-state index in [1.165, 1.54) is 11.3 Å². The lowest BCUT2D eigenvalue weighted by atomic mass is 10.2. The van der Waals surface area contributed by atoms with E-state index in [4.69, 9.17) is 14.2 Å². The number of hydrogen-bond acceptors (Lipinski definition) is 7. The number of rotatable bonds is 8. The monoisotopic (exact) mass is 383 g/mol. The van der Waals surface area contributed by atoms with Crippen LogP contribution in [0.3, 0.4) is 0 Å². The van der Waals surface area contributed by atoms with E-state index in [1.807, 2.05) is 54.8 Å². The van der Waals surface area contributed by atoms with Gasteiger partial charge in [0.15, 0.2) is 11.5 Å². The Morgan fingerprint density at radius 1 is 1.07 bits per heavy atom. The van der Waals surface area contributed by atoms with E-state index in [0.29, 0.717) is 18.1 Å². The number of benzene rings is 2. The first-order chi connectivity index (χ1) is 13.2. The number of anilines is 1. The summed E-state index contributed by atoms with van der Waals surface area (Å²) in [5.74, 6) is 2.20. The zero-order chi connectivity index (χ0) is 19.1. The summed E-state index contributed by atoms with van der Waals surface area (Å²) >= 11 is 1.50. The third kappa shape index (κ3) is 4.77. The third-order valence-electron chi connectivity index (χ3n) is 3.75. The molecule has 27 heavy (non-hydrogen) atoms. The van der Waals surface area contributed by atoms with Crippen LogP contribution < -0.4 is 19.6 Å². The third-order valence-corrected chi connectivity index (χ3v) is 4.49. The molecule has 2 aromatic carbocycles. The average Bonchev–Trinajstić information content (AvgIpc) is 3.17. The van der Waals surface area contributed by atoms with E-state index < -0.39 is 0 Å². The van der Waals surface area contributed by atoms with Crippen molar-refractivity contribution in [3.05, 3.63) is 53.4 Å². The van der Waals surface area contributed by atoms with Gasteiger partial charge in [-0.1, -0.05) is 0 Å². The summed E-state index contributed by atoms with van der Waals surface area (Å²) in [6.07, 6.45) is 1.71. The first-order valence-electron chi connectivity index (χ1n) is 8.43. The fraction of sp³-hybridized carbons (Fsp3) is 0.200. The molecule has 6 nitrogen and oxygen atoms in total. The van der Waals surface area contributed by atoms with Gasteiger partial charge in [0.25, 0.3) is 0 Å². The molecular weight excluding hydrogens is 362 g/mol. The van der Waals surface area contributed by atoms with E-state index in [1.54, 1.807) is 20.4 Å². The standard InChI is InChI=1S/C20H21N3O3S/c1-4-26-16-8-6-15(7-9-16)17-13-27-20(22-17)23-21-12-14-5-10-18(24-2)19(11-14)25-3/h5-13H,4H2,1-3H3,(H,22,23). The first-order valence-corrected chi connectivity index (χ1v) is 9.31. The predicted octanol–water partition coefficient (Wildman–Crippen LogP) is 4.67. The van der Waals surface area contributed by atoms with E-state index in [-0.39, 0.29) is 0 Å². The maximum atomic E-state index is 5.46. The molecule has 0 unspecified atom stereocenters. The topological polar surface area (TPSA) is 65.0 Å². The Bertz CT molecular complexity index is 907. The van der Waals surface area contributed by atoms with Crippen LogP contribution in [0.15, 0.2) is 52.9 Å². The van der Waals surface area contributed by atoms with Crippen LogP contribution in [0.5, 0.6) is 17.2 Å². The molecule has 0 atom stereocenters. The van der Waals surface area contributed by atoms with Gasteiger partial charge in [0.1, 0.15) is 5.75 Å². The molecule has 1 aromatic heterocycles. The second kappa shape index (κ2) is 9.05. The summed E-state index contributed by atoms with van der Waals surface area (Å²) in [7, 11) is 3.21. The van der Waals surface area contributed by atoms with Crippen LogP contribution in [0.1, 0.15) is 12.5 Å². The molecule has 3 rings (SSSR count). The molecule has 7 heteroatoms. The number of ether oxygens (including phenoxy) is 3. The summed E-state index contributed by atoms with van der Waals surface area (Å²) in [6, 6.07) is 13.5. The Morgan fingerprint density at radius 2 is 1.85 bits per heavy atom. The van der Waals surface area contributed by atoms with Crippen molar-refractivity contribution in [1.82, 2.24) is 4.98 Å². The number of hydrogen-bond donors (Lipinski definition) is 1. The van der Waals surface area contributed by atoms with Crippen molar-refractivity contribution in [1.29, 1.82) is 0 Å². The molecule has 3 aromatic rings. The maximum Gasteiger partial charge on any atom is 0.203 e. The largest absolute Gasteiger partial charge is 0.494 e. The predicted molar refractivity (Wildman–Crippen MR) is 109 cm³/mol. The minimum Gasteiger partial charge on any atom is -0.494 e. The van der Waals surface area contributed by atoms with Gasteiger partial charge in [0, 0.05) is 10.9 Å². The van der Waals surface area contributed by atoms with Crippen LogP contribution in [0.4, 0.5) is 5.13 Å². The Labute approximate surface area is 162 Å². The first kappa shape index (κ1) is 18.7. The molecule has 0 amide bonds. The van der Waals surface area contributed by atoms with E-state index >= 15 is 0 Å². The number of nitrogens with one attached hydrogen (secondary N) is 1. The second-order valence-electron chi connectivity index (χ2n) is 5.48. The van der Waals surface area contributed by atoms with Gasteiger partial charge in [0.2, 0.25) is 5.13 Å². The van der Waals surface area contributed by atoms with Gasteiger partial charge < -0.3 is 14.2 Å². The van der Waals surface area contributed by atoms with Gasteiger partial charge in [-0.25, -0.2) is 4.98 Å². The van der Waals surface area contributed by atoms with Crippen LogP contribution in [0.2, 0.25) is 0 Å². The lowest BCUT2D eigenvalue weighted by Gasteiger charge is -2.07. The van der Waals surface area contributed by atoms with Crippen LogP contribution in [-0.2, 0) is 0 Å². The Kier molecular flexibility index (Phi) is 6.27. The molecule has 0 bridgehead atoms. The van der Waals surface area contributed by atoms with Gasteiger partial charge in [0.05, 0.1) is 32.7 Å². The average molecular weight is 383 g/mol. The molecule has 0 fully saturated rings. The Morgan fingerprint density at radius 3 is 2.56 bits per heavy atom. The SMILES string of the molecule is CCOc1ccc(-c2csc(NN=Cc3ccc(OC)c(OC)c3)n2)cc1. The molecule has 0 radical (unpaired) electrons. The Hall–Kier alpha value is -3.06. The van der Waals surface area contributed by atoms with E-state index in [0.717, 1.165) is 27.7 Å². The lowest BCUT2D eigenvalue weighted by Crippen LogP contribution is -1.94. The minimum absolute atomic E-state index is 0.655. The molecule has 0 saturated carbocycles. The molecule has 140 valence electrons. The normalized spacial score (nSPS) is 10.8. The quantitative estimate of drug-likeness (QED) is 0.452.